The van der Waals surface area contributed by atoms with Gasteiger partial charge in [0.2, 0.25) is 0 Å². The van der Waals surface area contributed by atoms with Crippen LogP contribution in [0.1, 0.15) is 27.7 Å². The van der Waals surface area contributed by atoms with Crippen LogP contribution in [-0.2, 0) is 0 Å². The first-order chi connectivity index (χ1) is 5.02. The Labute approximate surface area is 78.6 Å². The van der Waals surface area contributed by atoms with E-state index in [4.69, 9.17) is 0 Å². The van der Waals surface area contributed by atoms with E-state index in [2.05, 4.69) is 27.7 Å². The lowest BCUT2D eigenvalue weighted by Crippen LogP contribution is -2.25. The standard InChI is InChI=1S/C8H24Si3/c1-7(2)5-10-11(9)6-8(3)4/h7-8,11H,5-6,10H2,1-4,9H3. The summed E-state index contributed by atoms with van der Waals surface area (Å²) in [7, 11) is 2.00. The summed E-state index contributed by atoms with van der Waals surface area (Å²) in [5.41, 5.74) is 0. The van der Waals surface area contributed by atoms with Crippen molar-refractivity contribution in [1.29, 1.82) is 0 Å². The molecule has 0 aliphatic carbocycles. The molecular formula is C8H24Si3. The number of hydrogen-bond acceptors (Lipinski definition) is 0. The van der Waals surface area contributed by atoms with E-state index in [1.165, 1.54) is 0 Å². The van der Waals surface area contributed by atoms with Crippen molar-refractivity contribution in [2.45, 2.75) is 39.8 Å². The molecule has 0 rings (SSSR count). The van der Waals surface area contributed by atoms with Gasteiger partial charge in [0.25, 0.3) is 0 Å². The van der Waals surface area contributed by atoms with Gasteiger partial charge < -0.3 is 0 Å². The van der Waals surface area contributed by atoms with Crippen LogP contribution in [0.25, 0.3) is 0 Å². The molecule has 0 aromatic heterocycles. The summed E-state index contributed by atoms with van der Waals surface area (Å²) in [4.78, 5) is 0. The quantitative estimate of drug-likeness (QED) is 0.571. The van der Waals surface area contributed by atoms with Crippen LogP contribution in [0.3, 0.4) is 0 Å². The highest BCUT2D eigenvalue weighted by Gasteiger charge is 2.07. The van der Waals surface area contributed by atoms with E-state index in [1.807, 2.05) is 0 Å². The molecule has 0 N–H and O–H groups in total. The maximum atomic E-state index is 2.39. The predicted molar refractivity (Wildman–Crippen MR) is 64.9 cm³/mol. The first-order valence-corrected chi connectivity index (χ1v) is 14.7. The second-order valence-electron chi connectivity index (χ2n) is 4.71. The molecule has 11 heavy (non-hydrogen) atoms. The average Bonchev–Trinajstić information content (AvgIpc) is 1.82. The summed E-state index contributed by atoms with van der Waals surface area (Å²) in [6.45, 7) is 9.54. The third-order valence-corrected chi connectivity index (χ3v) is 17.9. The molecule has 0 saturated carbocycles. The highest BCUT2D eigenvalue weighted by Crippen LogP contribution is 2.06. The van der Waals surface area contributed by atoms with Crippen LogP contribution in [0.15, 0.2) is 0 Å². The Kier molecular flexibility index (Phi) is 6.56. The minimum atomic E-state index is -0.0384. The smallest absolute Gasteiger partial charge is 0.00938 e. The largest absolute Gasteiger partial charge is 0.0631 e. The lowest BCUT2D eigenvalue weighted by atomic mass is 10.3. The zero-order valence-electron chi connectivity index (χ0n) is 8.85. The molecule has 0 radical (unpaired) electrons. The van der Waals surface area contributed by atoms with Crippen molar-refractivity contribution in [2.75, 3.05) is 0 Å². The van der Waals surface area contributed by atoms with Crippen LogP contribution in [0.4, 0.5) is 0 Å². The van der Waals surface area contributed by atoms with E-state index in [1.54, 1.807) is 21.8 Å². The molecule has 1 atom stereocenters. The highest BCUT2D eigenvalue weighted by molar-refractivity contribution is 7.34. The van der Waals surface area contributed by atoms with Crippen molar-refractivity contribution < 1.29 is 0 Å². The Morgan fingerprint density at radius 1 is 1.18 bits per heavy atom. The van der Waals surface area contributed by atoms with Crippen molar-refractivity contribution in [1.82, 2.24) is 0 Å². The van der Waals surface area contributed by atoms with Gasteiger partial charge in [-0.05, 0) is 9.76 Å². The third-order valence-electron chi connectivity index (χ3n) is 2.11. The highest BCUT2D eigenvalue weighted by atomic mass is 29.5. The Morgan fingerprint density at radius 3 is 2.09 bits per heavy atom. The zero-order chi connectivity index (χ0) is 8.85. The van der Waals surface area contributed by atoms with Gasteiger partial charge in [0.15, 0.2) is 0 Å². The monoisotopic (exact) mass is 204 g/mol. The molecule has 0 aliphatic heterocycles. The van der Waals surface area contributed by atoms with Crippen molar-refractivity contribution in [3.05, 3.63) is 0 Å². The second kappa shape index (κ2) is 6.20. The first kappa shape index (κ1) is 11.7. The number of rotatable bonds is 5. The molecule has 0 aliphatic rings. The fourth-order valence-corrected chi connectivity index (χ4v) is 16.9. The van der Waals surface area contributed by atoms with E-state index in [0.29, 0.717) is 9.04 Å². The Hall–Kier alpha value is 0.651. The van der Waals surface area contributed by atoms with Crippen LogP contribution in [0.5, 0.6) is 0 Å². The van der Waals surface area contributed by atoms with Crippen LogP contribution in [0.2, 0.25) is 12.1 Å². The van der Waals surface area contributed by atoms with Crippen molar-refractivity contribution in [3.8, 4) is 0 Å². The Morgan fingerprint density at radius 2 is 1.73 bits per heavy atom. The van der Waals surface area contributed by atoms with Crippen molar-refractivity contribution >= 4 is 26.6 Å². The lowest BCUT2D eigenvalue weighted by Gasteiger charge is -2.12. The van der Waals surface area contributed by atoms with Gasteiger partial charge >= 0.3 is 0 Å². The second-order valence-corrected chi connectivity index (χ2v) is 24.3. The van der Waals surface area contributed by atoms with Gasteiger partial charge in [-0.3, -0.25) is 0 Å². The molecule has 0 amide bonds. The van der Waals surface area contributed by atoms with E-state index in [-0.39, 0.29) is 7.83 Å². The Bertz CT molecular complexity index is 91.3. The molecule has 0 spiro atoms. The predicted octanol–water partition coefficient (Wildman–Crippen LogP) is 0.471. The van der Waals surface area contributed by atoms with Gasteiger partial charge in [-0.15, -0.1) is 0 Å². The fraction of sp³-hybridized carbons (Fsp3) is 1.00. The van der Waals surface area contributed by atoms with Crippen molar-refractivity contribution in [2.24, 2.45) is 11.8 Å². The maximum absolute atomic E-state index is 2.39. The van der Waals surface area contributed by atoms with Gasteiger partial charge in [-0.1, -0.05) is 51.6 Å². The zero-order valence-corrected chi connectivity index (χ0v) is 13.4. The van der Waals surface area contributed by atoms with E-state index in [0.717, 1.165) is 11.8 Å². The first-order valence-electron chi connectivity index (χ1n) is 5.02. The van der Waals surface area contributed by atoms with Crippen LogP contribution in [-0.4, -0.2) is 26.6 Å². The summed E-state index contributed by atoms with van der Waals surface area (Å²) in [5.74, 6) is 2.00. The molecular weight excluding hydrogens is 180 g/mol. The van der Waals surface area contributed by atoms with Gasteiger partial charge in [0.05, 0.1) is 0 Å². The molecule has 0 bridgehead atoms. The van der Waals surface area contributed by atoms with Crippen LogP contribution in [0, 0.1) is 11.8 Å². The molecule has 0 aromatic carbocycles. The van der Waals surface area contributed by atoms with E-state index >= 15 is 0 Å². The summed E-state index contributed by atoms with van der Waals surface area (Å²) >= 11 is 0. The lowest BCUT2D eigenvalue weighted by molar-refractivity contribution is 0.726. The minimum absolute atomic E-state index is 0.0384. The molecule has 68 valence electrons. The SMILES string of the molecule is CC(C)C[SiH2][SiH]([SiH3])CC(C)C. The average molecular weight is 205 g/mol. The van der Waals surface area contributed by atoms with Gasteiger partial charge in [-0.25, -0.2) is 0 Å². The van der Waals surface area contributed by atoms with Gasteiger partial charge in [0, 0.05) is 16.9 Å². The summed E-state index contributed by atoms with van der Waals surface area (Å²) in [6.07, 6.45) is 0. The molecule has 1 unspecified atom stereocenters. The third kappa shape index (κ3) is 8.56. The van der Waals surface area contributed by atoms with Gasteiger partial charge in [-0.2, -0.15) is 0 Å². The van der Waals surface area contributed by atoms with Crippen molar-refractivity contribution in [3.63, 3.8) is 0 Å². The van der Waals surface area contributed by atoms with E-state index in [9.17, 15) is 0 Å². The maximum Gasteiger partial charge on any atom is 0.00938 e. The summed E-state index contributed by atoms with van der Waals surface area (Å²) < 4.78 is 0. The topological polar surface area (TPSA) is 0 Å². The molecule has 0 fully saturated rings. The molecule has 3 heteroatoms. The molecule has 0 nitrogen and oxygen atoms in total. The van der Waals surface area contributed by atoms with Crippen LogP contribution >= 0.6 is 0 Å². The minimum Gasteiger partial charge on any atom is -0.0631 e. The summed E-state index contributed by atoms with van der Waals surface area (Å²) in [5, 5.41) is 0. The number of hydrogen-bond donors (Lipinski definition) is 0. The Balaban J connectivity index is 3.29. The normalized spacial score (nSPS) is 15.8. The molecule has 0 heterocycles. The van der Waals surface area contributed by atoms with Crippen LogP contribution < -0.4 is 0 Å². The van der Waals surface area contributed by atoms with Gasteiger partial charge in [0.1, 0.15) is 0 Å². The summed E-state index contributed by atoms with van der Waals surface area (Å²) in [6, 6.07) is 3.29. The molecule has 0 aromatic rings. The molecule has 0 saturated heterocycles. The fourth-order valence-electron chi connectivity index (χ4n) is 1.54. The van der Waals surface area contributed by atoms with E-state index < -0.39 is 0 Å².